The fraction of sp³-hybridized carbons (Fsp3) is 0. The lowest BCUT2D eigenvalue weighted by Crippen LogP contribution is -1.89. The molecule has 0 bridgehead atoms. The third-order valence-corrected chi connectivity index (χ3v) is 2.66. The summed E-state index contributed by atoms with van der Waals surface area (Å²) >= 11 is 3.25. The predicted octanol–water partition coefficient (Wildman–Crippen LogP) is 3.87. The fourth-order valence-electron chi connectivity index (χ4n) is 1.49. The van der Waals surface area contributed by atoms with Gasteiger partial charge >= 0.3 is 5.97 Å². The molecule has 0 aliphatic rings. The molecule has 102 valence electrons. The summed E-state index contributed by atoms with van der Waals surface area (Å²) in [6.07, 6.45) is 5.30. The topological polar surface area (TPSA) is 59.4 Å². The van der Waals surface area contributed by atoms with E-state index in [4.69, 9.17) is 9.84 Å². The molecule has 0 radical (unpaired) electrons. The number of benzene rings is 1. The van der Waals surface area contributed by atoms with Crippen LogP contribution >= 0.6 is 15.9 Å². The summed E-state index contributed by atoms with van der Waals surface area (Å²) in [5, 5.41) is 8.55. The van der Waals surface area contributed by atoms with E-state index in [0.717, 1.165) is 10.5 Å². The van der Waals surface area contributed by atoms with Gasteiger partial charge in [0.25, 0.3) is 0 Å². The van der Waals surface area contributed by atoms with E-state index < -0.39 is 11.8 Å². The van der Waals surface area contributed by atoms with Crippen LogP contribution < -0.4 is 4.74 Å². The summed E-state index contributed by atoms with van der Waals surface area (Å²) in [7, 11) is 0. The Bertz CT molecular complexity index is 673. The highest BCUT2D eigenvalue weighted by Gasteiger charge is 2.03. The molecule has 2 rings (SSSR count). The highest BCUT2D eigenvalue weighted by atomic mass is 79.9. The van der Waals surface area contributed by atoms with E-state index in [9.17, 15) is 9.18 Å². The number of pyridine rings is 1. The zero-order chi connectivity index (χ0) is 14.5. The number of ether oxygens (including phenoxy) is 1. The second-order valence-electron chi connectivity index (χ2n) is 3.83. The van der Waals surface area contributed by atoms with E-state index in [-0.39, 0.29) is 5.75 Å². The number of hydrogen-bond donors (Lipinski definition) is 1. The van der Waals surface area contributed by atoms with Gasteiger partial charge in [-0.3, -0.25) is 4.98 Å². The molecule has 1 N–H and O–H groups in total. The Morgan fingerprint density at radius 3 is 2.75 bits per heavy atom. The molecule has 0 saturated carbocycles. The van der Waals surface area contributed by atoms with Gasteiger partial charge in [0, 0.05) is 22.8 Å². The third kappa shape index (κ3) is 4.17. The molecule has 4 nitrogen and oxygen atoms in total. The number of aromatic nitrogens is 1. The normalized spacial score (nSPS) is 10.7. The van der Waals surface area contributed by atoms with Crippen LogP contribution in [0, 0.1) is 5.82 Å². The molecule has 2 aromatic rings. The highest BCUT2D eigenvalue weighted by molar-refractivity contribution is 9.10. The van der Waals surface area contributed by atoms with Crippen LogP contribution in [0.25, 0.3) is 6.08 Å². The molecule has 0 spiro atoms. The van der Waals surface area contributed by atoms with Crippen LogP contribution in [0.1, 0.15) is 5.56 Å². The van der Waals surface area contributed by atoms with Crippen molar-refractivity contribution >= 4 is 28.0 Å². The zero-order valence-electron chi connectivity index (χ0n) is 10.1. The van der Waals surface area contributed by atoms with Crippen molar-refractivity contribution in [2.45, 2.75) is 0 Å². The predicted molar refractivity (Wildman–Crippen MR) is 75.1 cm³/mol. The van der Waals surface area contributed by atoms with Crippen molar-refractivity contribution in [1.29, 1.82) is 0 Å². The van der Waals surface area contributed by atoms with Crippen molar-refractivity contribution in [3.63, 3.8) is 0 Å². The van der Waals surface area contributed by atoms with Crippen LogP contribution in [0.3, 0.4) is 0 Å². The number of carboxylic acids is 1. The number of rotatable bonds is 4. The average Bonchev–Trinajstić information content (AvgIpc) is 2.35. The summed E-state index contributed by atoms with van der Waals surface area (Å²) in [5.74, 6) is -0.920. The van der Waals surface area contributed by atoms with Gasteiger partial charge in [0.05, 0.1) is 6.20 Å². The maximum atomic E-state index is 13.4. The first kappa shape index (κ1) is 14.2. The summed E-state index contributed by atoms with van der Waals surface area (Å²) in [5.41, 5.74) is 0.394. The van der Waals surface area contributed by atoms with Gasteiger partial charge in [0.2, 0.25) is 0 Å². The van der Waals surface area contributed by atoms with Gasteiger partial charge in [-0.1, -0.05) is 0 Å². The fourth-order valence-corrected chi connectivity index (χ4v) is 1.84. The standard InChI is InChI=1S/C14H9BrFNO3/c15-10-5-13(8-17-7-10)20-12-4-9(1-2-14(18)19)3-11(16)6-12/h1-8H,(H,18,19)/b2-1+. The van der Waals surface area contributed by atoms with E-state index in [1.165, 1.54) is 30.5 Å². The van der Waals surface area contributed by atoms with Crippen LogP contribution in [0.5, 0.6) is 11.5 Å². The number of nitrogens with zero attached hydrogens (tertiary/aromatic N) is 1. The number of hydrogen-bond acceptors (Lipinski definition) is 3. The summed E-state index contributed by atoms with van der Waals surface area (Å²) in [6.45, 7) is 0. The second-order valence-corrected chi connectivity index (χ2v) is 4.75. The van der Waals surface area contributed by atoms with Crippen LogP contribution in [0.4, 0.5) is 4.39 Å². The molecular weight excluding hydrogens is 329 g/mol. The van der Waals surface area contributed by atoms with E-state index in [1.807, 2.05) is 0 Å². The van der Waals surface area contributed by atoms with E-state index in [0.29, 0.717) is 11.3 Å². The van der Waals surface area contributed by atoms with Crippen LogP contribution in [-0.4, -0.2) is 16.1 Å². The van der Waals surface area contributed by atoms with Gasteiger partial charge in [0.15, 0.2) is 0 Å². The molecule has 20 heavy (non-hydrogen) atoms. The molecule has 1 heterocycles. The summed E-state index contributed by atoms with van der Waals surface area (Å²) < 4.78 is 19.7. The van der Waals surface area contributed by atoms with Crippen LogP contribution in [0.15, 0.2) is 47.2 Å². The number of carboxylic acid groups (broad SMARTS) is 1. The Balaban J connectivity index is 2.26. The first-order valence-corrected chi connectivity index (χ1v) is 6.32. The first-order valence-electron chi connectivity index (χ1n) is 5.53. The van der Waals surface area contributed by atoms with Crippen molar-refractivity contribution in [3.05, 3.63) is 58.6 Å². The molecule has 0 aliphatic heterocycles. The Kier molecular flexibility index (Phi) is 4.47. The average molecular weight is 338 g/mol. The van der Waals surface area contributed by atoms with Gasteiger partial charge in [0.1, 0.15) is 17.3 Å². The smallest absolute Gasteiger partial charge is 0.328 e. The van der Waals surface area contributed by atoms with E-state index in [1.54, 1.807) is 12.3 Å². The van der Waals surface area contributed by atoms with Gasteiger partial charge in [-0.05, 0) is 45.8 Å². The minimum atomic E-state index is -1.10. The largest absolute Gasteiger partial charge is 0.478 e. The lowest BCUT2D eigenvalue weighted by atomic mass is 10.2. The molecule has 0 amide bonds. The quantitative estimate of drug-likeness (QED) is 0.860. The molecule has 6 heteroatoms. The minimum Gasteiger partial charge on any atom is -0.478 e. The maximum absolute atomic E-state index is 13.4. The van der Waals surface area contributed by atoms with Crippen LogP contribution in [0.2, 0.25) is 0 Å². The van der Waals surface area contributed by atoms with E-state index in [2.05, 4.69) is 20.9 Å². The highest BCUT2D eigenvalue weighted by Crippen LogP contribution is 2.25. The van der Waals surface area contributed by atoms with Gasteiger partial charge in [-0.2, -0.15) is 0 Å². The van der Waals surface area contributed by atoms with Crippen LogP contribution in [-0.2, 0) is 4.79 Å². The van der Waals surface area contributed by atoms with Crippen molar-refractivity contribution in [2.75, 3.05) is 0 Å². The minimum absolute atomic E-state index is 0.259. The van der Waals surface area contributed by atoms with Gasteiger partial charge < -0.3 is 9.84 Å². The molecule has 0 fully saturated rings. The first-order chi connectivity index (χ1) is 9.52. The van der Waals surface area contributed by atoms with Gasteiger partial charge in [-0.15, -0.1) is 0 Å². The third-order valence-electron chi connectivity index (χ3n) is 2.23. The van der Waals surface area contributed by atoms with Crippen molar-refractivity contribution in [3.8, 4) is 11.5 Å². The van der Waals surface area contributed by atoms with E-state index >= 15 is 0 Å². The molecule has 0 atom stereocenters. The molecule has 1 aromatic heterocycles. The monoisotopic (exact) mass is 337 g/mol. The molecular formula is C14H9BrFNO3. The Labute approximate surface area is 122 Å². The van der Waals surface area contributed by atoms with Crippen molar-refractivity contribution in [1.82, 2.24) is 4.98 Å². The SMILES string of the molecule is O=C(O)/C=C/c1cc(F)cc(Oc2cncc(Br)c2)c1. The Hall–Kier alpha value is -2.21. The molecule has 1 aromatic carbocycles. The number of carbonyl (C=O) groups is 1. The zero-order valence-corrected chi connectivity index (χ0v) is 11.7. The molecule has 0 unspecified atom stereocenters. The Morgan fingerprint density at radius 2 is 2.05 bits per heavy atom. The Morgan fingerprint density at radius 1 is 1.25 bits per heavy atom. The maximum Gasteiger partial charge on any atom is 0.328 e. The second kappa shape index (κ2) is 6.29. The van der Waals surface area contributed by atoms with Gasteiger partial charge in [-0.25, -0.2) is 9.18 Å². The molecule has 0 aliphatic carbocycles. The lowest BCUT2D eigenvalue weighted by Gasteiger charge is -2.06. The lowest BCUT2D eigenvalue weighted by molar-refractivity contribution is -0.131. The summed E-state index contributed by atoms with van der Waals surface area (Å²) in [4.78, 5) is 14.4. The van der Waals surface area contributed by atoms with Crippen molar-refractivity contribution in [2.24, 2.45) is 0 Å². The summed E-state index contributed by atoms with van der Waals surface area (Å²) in [6, 6.07) is 5.64. The number of aliphatic carboxylic acids is 1. The molecule has 0 saturated heterocycles. The van der Waals surface area contributed by atoms with Crippen molar-refractivity contribution < 1.29 is 19.0 Å². The number of halogens is 2.